The van der Waals surface area contributed by atoms with E-state index in [1.807, 2.05) is 0 Å². The van der Waals surface area contributed by atoms with Gasteiger partial charge in [0.25, 0.3) is 10.1 Å². The molecular formula is C9H17NO4S. The first-order valence-corrected chi connectivity index (χ1v) is 6.83. The van der Waals surface area contributed by atoms with Gasteiger partial charge in [0.2, 0.25) is 5.91 Å². The molecule has 88 valence electrons. The maximum atomic E-state index is 11.4. The number of rotatable bonds is 4. The quantitative estimate of drug-likeness (QED) is 0.698. The van der Waals surface area contributed by atoms with Crippen molar-refractivity contribution in [3.63, 3.8) is 0 Å². The topological polar surface area (TPSA) is 83.5 Å². The summed E-state index contributed by atoms with van der Waals surface area (Å²) in [5.74, 6) is -0.325. The Morgan fingerprint density at radius 3 is 2.80 bits per heavy atom. The molecular weight excluding hydrogens is 218 g/mol. The van der Waals surface area contributed by atoms with Gasteiger partial charge in [0.1, 0.15) is 0 Å². The predicted octanol–water partition coefficient (Wildman–Crippen LogP) is 0.571. The van der Waals surface area contributed by atoms with Gasteiger partial charge < -0.3 is 5.32 Å². The standard InChI is InChI=1S/C9H17NO4S/c11-9-8(4-1-2-6-10-9)5-3-7-15(12,13)14/h8H,1-7H2,(H,10,11)(H,12,13,14). The second-order valence-corrected chi connectivity index (χ2v) is 5.48. The maximum Gasteiger partial charge on any atom is 0.264 e. The number of carbonyl (C=O) groups excluding carboxylic acids is 1. The zero-order chi connectivity index (χ0) is 11.3. The molecule has 1 fully saturated rings. The van der Waals surface area contributed by atoms with Crippen LogP contribution in [0.25, 0.3) is 0 Å². The van der Waals surface area contributed by atoms with E-state index in [0.29, 0.717) is 19.4 Å². The number of amides is 1. The van der Waals surface area contributed by atoms with Crippen molar-refractivity contribution in [2.45, 2.75) is 32.1 Å². The first kappa shape index (κ1) is 12.4. The first-order valence-electron chi connectivity index (χ1n) is 5.22. The highest BCUT2D eigenvalue weighted by atomic mass is 32.2. The summed E-state index contributed by atoms with van der Waals surface area (Å²) in [6.45, 7) is 0.716. The summed E-state index contributed by atoms with van der Waals surface area (Å²) < 4.78 is 29.5. The molecule has 5 nitrogen and oxygen atoms in total. The molecule has 1 atom stereocenters. The summed E-state index contributed by atoms with van der Waals surface area (Å²) in [7, 11) is -3.88. The van der Waals surface area contributed by atoms with Crippen LogP contribution < -0.4 is 5.32 Å². The van der Waals surface area contributed by atoms with Gasteiger partial charge in [0.05, 0.1) is 5.75 Å². The van der Waals surface area contributed by atoms with Crippen molar-refractivity contribution < 1.29 is 17.8 Å². The summed E-state index contributed by atoms with van der Waals surface area (Å²) in [6, 6.07) is 0. The van der Waals surface area contributed by atoms with Crippen molar-refractivity contribution in [3.8, 4) is 0 Å². The molecule has 1 aliphatic rings. The lowest BCUT2D eigenvalue weighted by molar-refractivity contribution is -0.124. The molecule has 0 saturated carbocycles. The van der Waals surface area contributed by atoms with Gasteiger partial charge in [-0.05, 0) is 25.7 Å². The van der Waals surface area contributed by atoms with Crippen LogP contribution in [0.3, 0.4) is 0 Å². The normalized spacial score (nSPS) is 23.3. The fourth-order valence-corrected chi connectivity index (χ4v) is 2.32. The molecule has 1 unspecified atom stereocenters. The van der Waals surface area contributed by atoms with Crippen LogP contribution in [0.5, 0.6) is 0 Å². The molecule has 1 aliphatic heterocycles. The van der Waals surface area contributed by atoms with Gasteiger partial charge in [0.15, 0.2) is 0 Å². The van der Waals surface area contributed by atoms with Crippen molar-refractivity contribution in [2.75, 3.05) is 12.3 Å². The smallest absolute Gasteiger partial charge is 0.264 e. The van der Waals surface area contributed by atoms with E-state index in [0.717, 1.165) is 19.3 Å². The Hall–Kier alpha value is -0.620. The summed E-state index contributed by atoms with van der Waals surface area (Å²) >= 11 is 0. The Labute approximate surface area is 90.0 Å². The molecule has 0 spiro atoms. The van der Waals surface area contributed by atoms with Gasteiger partial charge in [-0.1, -0.05) is 6.42 Å². The lowest BCUT2D eigenvalue weighted by Gasteiger charge is -2.11. The second-order valence-electron chi connectivity index (χ2n) is 3.91. The Balaban J connectivity index is 2.33. The molecule has 2 N–H and O–H groups in total. The highest BCUT2D eigenvalue weighted by molar-refractivity contribution is 7.85. The summed E-state index contributed by atoms with van der Waals surface area (Å²) in [5.41, 5.74) is 0. The minimum atomic E-state index is -3.88. The summed E-state index contributed by atoms with van der Waals surface area (Å²) in [5, 5.41) is 2.79. The van der Waals surface area contributed by atoms with E-state index in [1.165, 1.54) is 0 Å². The van der Waals surface area contributed by atoms with Gasteiger partial charge in [-0.15, -0.1) is 0 Å². The molecule has 0 aromatic heterocycles. The molecule has 0 aromatic carbocycles. The highest BCUT2D eigenvalue weighted by Gasteiger charge is 2.20. The Morgan fingerprint density at radius 2 is 2.13 bits per heavy atom. The van der Waals surface area contributed by atoms with E-state index in [1.54, 1.807) is 0 Å². The monoisotopic (exact) mass is 235 g/mol. The average molecular weight is 235 g/mol. The van der Waals surface area contributed by atoms with Crippen molar-refractivity contribution in [2.24, 2.45) is 5.92 Å². The van der Waals surface area contributed by atoms with Crippen LogP contribution in [-0.2, 0) is 14.9 Å². The number of nitrogens with one attached hydrogen (secondary N) is 1. The number of hydrogen-bond donors (Lipinski definition) is 2. The van der Waals surface area contributed by atoms with Crippen LogP contribution in [0.4, 0.5) is 0 Å². The Bertz CT molecular complexity index is 312. The van der Waals surface area contributed by atoms with E-state index in [2.05, 4.69) is 5.32 Å². The molecule has 0 aliphatic carbocycles. The first-order chi connectivity index (χ1) is 6.99. The third kappa shape index (κ3) is 5.13. The van der Waals surface area contributed by atoms with E-state index in [-0.39, 0.29) is 17.6 Å². The van der Waals surface area contributed by atoms with Gasteiger partial charge in [-0.3, -0.25) is 9.35 Å². The average Bonchev–Trinajstić information content (AvgIpc) is 2.30. The van der Waals surface area contributed by atoms with Crippen molar-refractivity contribution in [1.82, 2.24) is 5.32 Å². The molecule has 0 bridgehead atoms. The fraction of sp³-hybridized carbons (Fsp3) is 0.889. The SMILES string of the molecule is O=C1NCCCCC1CCCS(=O)(=O)O. The zero-order valence-electron chi connectivity index (χ0n) is 8.61. The van der Waals surface area contributed by atoms with E-state index >= 15 is 0 Å². The largest absolute Gasteiger partial charge is 0.356 e. The van der Waals surface area contributed by atoms with Crippen molar-refractivity contribution in [3.05, 3.63) is 0 Å². The van der Waals surface area contributed by atoms with Gasteiger partial charge in [0, 0.05) is 12.5 Å². The molecule has 0 aromatic rings. The molecule has 1 rings (SSSR count). The minimum Gasteiger partial charge on any atom is -0.356 e. The minimum absolute atomic E-state index is 0.0165. The highest BCUT2D eigenvalue weighted by Crippen LogP contribution is 2.17. The van der Waals surface area contributed by atoms with Gasteiger partial charge >= 0.3 is 0 Å². The van der Waals surface area contributed by atoms with E-state index < -0.39 is 10.1 Å². The van der Waals surface area contributed by atoms with E-state index in [4.69, 9.17) is 4.55 Å². The number of hydrogen-bond acceptors (Lipinski definition) is 3. The second kappa shape index (κ2) is 5.46. The maximum absolute atomic E-state index is 11.4. The van der Waals surface area contributed by atoms with Crippen LogP contribution in [-0.4, -0.2) is 31.2 Å². The molecule has 1 saturated heterocycles. The van der Waals surface area contributed by atoms with Crippen molar-refractivity contribution >= 4 is 16.0 Å². The third-order valence-electron chi connectivity index (χ3n) is 2.60. The Morgan fingerprint density at radius 1 is 1.40 bits per heavy atom. The van der Waals surface area contributed by atoms with Crippen LogP contribution >= 0.6 is 0 Å². The summed E-state index contributed by atoms with van der Waals surface area (Å²) in [6.07, 6.45) is 3.68. The molecule has 1 heterocycles. The molecule has 6 heteroatoms. The van der Waals surface area contributed by atoms with Crippen LogP contribution in [0, 0.1) is 5.92 Å². The molecule has 1 amide bonds. The van der Waals surface area contributed by atoms with Crippen LogP contribution in [0.2, 0.25) is 0 Å². The summed E-state index contributed by atoms with van der Waals surface area (Å²) in [4.78, 5) is 11.4. The predicted molar refractivity (Wildman–Crippen MR) is 56.0 cm³/mol. The van der Waals surface area contributed by atoms with E-state index in [9.17, 15) is 13.2 Å². The lowest BCUT2D eigenvalue weighted by atomic mass is 9.98. The fourth-order valence-electron chi connectivity index (χ4n) is 1.79. The Kier molecular flexibility index (Phi) is 4.53. The molecule has 15 heavy (non-hydrogen) atoms. The van der Waals surface area contributed by atoms with Crippen molar-refractivity contribution in [1.29, 1.82) is 0 Å². The number of carbonyl (C=O) groups is 1. The van der Waals surface area contributed by atoms with Crippen LogP contribution in [0.15, 0.2) is 0 Å². The zero-order valence-corrected chi connectivity index (χ0v) is 9.42. The lowest BCUT2D eigenvalue weighted by Crippen LogP contribution is -2.29. The third-order valence-corrected chi connectivity index (χ3v) is 3.41. The van der Waals surface area contributed by atoms with Gasteiger partial charge in [-0.2, -0.15) is 8.42 Å². The van der Waals surface area contributed by atoms with Crippen LogP contribution in [0.1, 0.15) is 32.1 Å². The molecule has 0 radical (unpaired) electrons. The van der Waals surface area contributed by atoms with Gasteiger partial charge in [-0.25, -0.2) is 0 Å².